The Morgan fingerprint density at radius 1 is 1.06 bits per heavy atom. The molecule has 1 aliphatic rings. The van der Waals surface area contributed by atoms with E-state index in [0.717, 1.165) is 0 Å². The Labute approximate surface area is 194 Å². The molecule has 1 aliphatic heterocycles. The summed E-state index contributed by atoms with van der Waals surface area (Å²) in [6.45, 7) is 0. The molecule has 2 heterocycles. The van der Waals surface area contributed by atoms with Crippen LogP contribution in [0.15, 0.2) is 41.8 Å². The molecule has 0 saturated heterocycles. The van der Waals surface area contributed by atoms with Gasteiger partial charge in [-0.3, -0.25) is 5.10 Å². The fraction of sp³-hybridized carbons (Fsp3) is 0.182. The Kier molecular flexibility index (Phi) is 5.78. The van der Waals surface area contributed by atoms with E-state index in [-0.39, 0.29) is 17.3 Å². The van der Waals surface area contributed by atoms with E-state index in [1.54, 1.807) is 30.3 Å². The maximum atomic E-state index is 9.89. The molecule has 0 radical (unpaired) electrons. The molecular formula is C22H18Cl2N4O4. The predicted octanol–water partition coefficient (Wildman–Crippen LogP) is 4.63. The number of halogens is 2. The molecule has 10 heteroatoms. The third kappa shape index (κ3) is 3.36. The van der Waals surface area contributed by atoms with E-state index in [1.807, 2.05) is 0 Å². The molecule has 3 N–H and O–H groups in total. The van der Waals surface area contributed by atoms with Crippen molar-refractivity contribution in [3.8, 4) is 40.5 Å². The van der Waals surface area contributed by atoms with Crippen LogP contribution >= 0.6 is 23.2 Å². The highest BCUT2D eigenvalue weighted by molar-refractivity contribution is 6.36. The minimum atomic E-state index is -0.710. The molecular weight excluding hydrogens is 455 g/mol. The summed E-state index contributed by atoms with van der Waals surface area (Å²) in [4.78, 5) is 0. The Bertz CT molecular complexity index is 1230. The minimum Gasteiger partial charge on any atom is -0.493 e. The van der Waals surface area contributed by atoms with Crippen LogP contribution in [0.1, 0.15) is 17.0 Å². The number of aromatic nitrogens is 2. The van der Waals surface area contributed by atoms with Crippen molar-refractivity contribution in [2.75, 3.05) is 21.3 Å². The topological polar surface area (TPSA) is 115 Å². The first-order valence-corrected chi connectivity index (χ1v) is 10.1. The maximum Gasteiger partial charge on any atom is 0.244 e. The lowest BCUT2D eigenvalue weighted by Crippen LogP contribution is -2.21. The number of hydrogen-bond acceptors (Lipinski definition) is 7. The van der Waals surface area contributed by atoms with Crippen LogP contribution in [0, 0.1) is 11.3 Å². The van der Waals surface area contributed by atoms with E-state index in [0.29, 0.717) is 49.7 Å². The Balaban J connectivity index is 2.01. The molecule has 32 heavy (non-hydrogen) atoms. The lowest BCUT2D eigenvalue weighted by atomic mass is 9.83. The molecule has 1 aromatic heterocycles. The molecule has 0 spiro atoms. The van der Waals surface area contributed by atoms with E-state index in [2.05, 4.69) is 16.3 Å². The van der Waals surface area contributed by atoms with E-state index < -0.39 is 5.92 Å². The van der Waals surface area contributed by atoms with Gasteiger partial charge in [-0.05, 0) is 24.3 Å². The number of methoxy groups -OCH3 is 3. The number of allylic oxidation sites excluding steroid dienone is 1. The second kappa shape index (κ2) is 8.54. The zero-order chi connectivity index (χ0) is 23.0. The van der Waals surface area contributed by atoms with Crippen molar-refractivity contribution in [1.82, 2.24) is 10.2 Å². The van der Waals surface area contributed by atoms with E-state index in [4.69, 9.17) is 47.9 Å². The van der Waals surface area contributed by atoms with Gasteiger partial charge in [-0.2, -0.15) is 5.26 Å². The van der Waals surface area contributed by atoms with Crippen molar-refractivity contribution >= 4 is 23.2 Å². The summed E-state index contributed by atoms with van der Waals surface area (Å²) in [5, 5.41) is 17.9. The predicted molar refractivity (Wildman–Crippen MR) is 119 cm³/mol. The van der Waals surface area contributed by atoms with Crippen LogP contribution in [0.2, 0.25) is 10.0 Å². The highest BCUT2D eigenvalue weighted by Crippen LogP contribution is 2.50. The molecule has 0 amide bonds. The minimum absolute atomic E-state index is 0.0658. The molecule has 0 fully saturated rings. The number of hydrogen-bond donors (Lipinski definition) is 2. The maximum absolute atomic E-state index is 9.89. The Morgan fingerprint density at radius 2 is 1.69 bits per heavy atom. The van der Waals surface area contributed by atoms with Crippen LogP contribution < -0.4 is 24.7 Å². The summed E-state index contributed by atoms with van der Waals surface area (Å²) in [5.41, 5.74) is 8.51. The zero-order valence-electron chi connectivity index (χ0n) is 17.3. The van der Waals surface area contributed by atoms with Gasteiger partial charge in [-0.15, -0.1) is 5.10 Å². The summed E-state index contributed by atoms with van der Waals surface area (Å²) in [7, 11) is 4.57. The Hall–Kier alpha value is -3.54. The molecule has 1 unspecified atom stereocenters. The normalized spacial score (nSPS) is 14.9. The summed E-state index contributed by atoms with van der Waals surface area (Å²) in [5.74, 6) is 0.776. The van der Waals surface area contributed by atoms with Crippen LogP contribution in [-0.4, -0.2) is 31.5 Å². The van der Waals surface area contributed by atoms with Gasteiger partial charge in [0, 0.05) is 21.2 Å². The SMILES string of the molecule is COc1cc(-c2[nH]nc3c2C(c2c(Cl)cccc2Cl)C(C#N)=C(N)O3)cc(OC)c1OC. The molecule has 8 nitrogen and oxygen atoms in total. The van der Waals surface area contributed by atoms with E-state index in [9.17, 15) is 5.26 Å². The summed E-state index contributed by atoms with van der Waals surface area (Å²) in [6.07, 6.45) is 0. The van der Waals surface area contributed by atoms with Crippen molar-refractivity contribution in [2.45, 2.75) is 5.92 Å². The summed E-state index contributed by atoms with van der Waals surface area (Å²) < 4.78 is 22.0. The summed E-state index contributed by atoms with van der Waals surface area (Å²) in [6, 6.07) is 10.8. The Morgan fingerprint density at radius 3 is 2.22 bits per heavy atom. The van der Waals surface area contributed by atoms with Crippen LogP contribution in [0.4, 0.5) is 0 Å². The third-order valence-electron chi connectivity index (χ3n) is 5.18. The average molecular weight is 473 g/mol. The first-order chi connectivity index (χ1) is 15.4. The number of H-pyrrole nitrogens is 1. The highest BCUT2D eigenvalue weighted by atomic mass is 35.5. The molecule has 4 rings (SSSR count). The number of benzene rings is 2. The van der Waals surface area contributed by atoms with Crippen LogP contribution in [0.3, 0.4) is 0 Å². The molecule has 1 atom stereocenters. The molecule has 0 aliphatic carbocycles. The monoisotopic (exact) mass is 472 g/mol. The number of rotatable bonds is 5. The highest BCUT2D eigenvalue weighted by Gasteiger charge is 2.38. The number of ether oxygens (including phenoxy) is 4. The van der Waals surface area contributed by atoms with Crippen molar-refractivity contribution < 1.29 is 18.9 Å². The fourth-order valence-corrected chi connectivity index (χ4v) is 4.38. The van der Waals surface area contributed by atoms with Gasteiger partial charge >= 0.3 is 0 Å². The van der Waals surface area contributed by atoms with Crippen molar-refractivity contribution in [1.29, 1.82) is 5.26 Å². The number of aromatic amines is 1. The number of nitrogens with one attached hydrogen (secondary N) is 1. The quantitative estimate of drug-likeness (QED) is 0.555. The van der Waals surface area contributed by atoms with Crippen molar-refractivity contribution in [3.05, 3.63) is 63.0 Å². The van der Waals surface area contributed by atoms with Crippen LogP contribution in [0.25, 0.3) is 11.3 Å². The second-order valence-electron chi connectivity index (χ2n) is 6.79. The smallest absolute Gasteiger partial charge is 0.244 e. The van der Waals surface area contributed by atoms with Gasteiger partial charge in [0.2, 0.25) is 17.5 Å². The fourth-order valence-electron chi connectivity index (χ4n) is 3.77. The van der Waals surface area contributed by atoms with Crippen molar-refractivity contribution in [2.24, 2.45) is 5.73 Å². The van der Waals surface area contributed by atoms with E-state index in [1.165, 1.54) is 21.3 Å². The largest absolute Gasteiger partial charge is 0.493 e. The first kappa shape index (κ1) is 21.7. The molecule has 3 aromatic rings. The lowest BCUT2D eigenvalue weighted by molar-refractivity contribution is 0.324. The van der Waals surface area contributed by atoms with E-state index >= 15 is 0 Å². The molecule has 2 aromatic carbocycles. The average Bonchev–Trinajstić information content (AvgIpc) is 3.21. The van der Waals surface area contributed by atoms with Gasteiger partial charge in [0.15, 0.2) is 11.5 Å². The van der Waals surface area contributed by atoms with Gasteiger partial charge in [0.25, 0.3) is 0 Å². The molecule has 0 bridgehead atoms. The van der Waals surface area contributed by atoms with Crippen LogP contribution in [0.5, 0.6) is 23.1 Å². The number of nitriles is 1. The standard InChI is InChI=1S/C22H18Cl2N4O4/c1-29-14-7-10(8-15(30-2)20(14)31-3)19-18-16(17-12(23)5-4-6-13(17)24)11(9-25)21(26)32-22(18)28-27-19/h4-8,16H,26H2,1-3H3,(H,27,28). The van der Waals surface area contributed by atoms with Crippen molar-refractivity contribution in [3.63, 3.8) is 0 Å². The lowest BCUT2D eigenvalue weighted by Gasteiger charge is -2.25. The third-order valence-corrected chi connectivity index (χ3v) is 5.84. The van der Waals surface area contributed by atoms with Gasteiger partial charge in [0.1, 0.15) is 11.6 Å². The van der Waals surface area contributed by atoms with Gasteiger partial charge in [-0.25, -0.2) is 0 Å². The number of nitrogens with two attached hydrogens (primary N) is 1. The number of nitrogens with zero attached hydrogens (tertiary/aromatic N) is 2. The zero-order valence-corrected chi connectivity index (χ0v) is 18.8. The summed E-state index contributed by atoms with van der Waals surface area (Å²) >= 11 is 13.0. The van der Waals surface area contributed by atoms with Crippen LogP contribution in [-0.2, 0) is 0 Å². The molecule has 0 saturated carbocycles. The number of fused-ring (bicyclic) bond motifs is 1. The first-order valence-electron chi connectivity index (χ1n) is 9.35. The molecule has 164 valence electrons. The van der Waals surface area contributed by atoms with Gasteiger partial charge in [0.05, 0.1) is 38.5 Å². The second-order valence-corrected chi connectivity index (χ2v) is 7.61. The van der Waals surface area contributed by atoms with Gasteiger partial charge in [-0.1, -0.05) is 29.3 Å². The van der Waals surface area contributed by atoms with Gasteiger partial charge < -0.3 is 24.7 Å².